The van der Waals surface area contributed by atoms with Crippen LogP contribution in [0.25, 0.3) is 0 Å². The molecule has 0 aliphatic carbocycles. The quantitative estimate of drug-likeness (QED) is 0.387. The Hall–Kier alpha value is -2.15. The molecule has 1 unspecified atom stereocenters. The van der Waals surface area contributed by atoms with Crippen LogP contribution in [-0.4, -0.2) is 45.2 Å². The van der Waals surface area contributed by atoms with Crippen molar-refractivity contribution < 1.29 is 20.1 Å². The summed E-state index contributed by atoms with van der Waals surface area (Å²) in [6.45, 7) is 0. The summed E-state index contributed by atoms with van der Waals surface area (Å²) in [6.07, 6.45) is -4.65. The van der Waals surface area contributed by atoms with Gasteiger partial charge in [0.05, 0.1) is 5.41 Å². The maximum absolute atomic E-state index is 11.8. The fourth-order valence-corrected chi connectivity index (χ4v) is 4.62. The Morgan fingerprint density at radius 2 is 1.07 bits per heavy atom. The first-order valence-electron chi connectivity index (χ1n) is 9.61. The molecule has 0 bridgehead atoms. The van der Waals surface area contributed by atoms with Crippen LogP contribution in [0.1, 0.15) is 16.7 Å². The Morgan fingerprint density at radius 1 is 0.690 bits per heavy atom. The van der Waals surface area contributed by atoms with Crippen molar-refractivity contribution in [1.29, 1.82) is 0 Å². The summed E-state index contributed by atoms with van der Waals surface area (Å²) >= 11 is 4.22. The van der Waals surface area contributed by atoms with Gasteiger partial charge in [0, 0.05) is 0 Å². The fourth-order valence-electron chi connectivity index (χ4n) is 4.31. The highest BCUT2D eigenvalue weighted by atomic mass is 32.1. The van der Waals surface area contributed by atoms with Crippen LogP contribution in [0, 0.1) is 0 Å². The number of rotatable bonds is 5. The maximum Gasteiger partial charge on any atom is 0.129 e. The average molecular weight is 409 g/mol. The van der Waals surface area contributed by atoms with Crippen LogP contribution < -0.4 is 0 Å². The van der Waals surface area contributed by atoms with E-state index in [1.54, 1.807) is 0 Å². The van der Waals surface area contributed by atoms with Gasteiger partial charge in [0.1, 0.15) is 29.9 Å². The zero-order chi connectivity index (χ0) is 20.4. The van der Waals surface area contributed by atoms with Gasteiger partial charge in [0.25, 0.3) is 0 Å². The topological polar surface area (TPSA) is 69.9 Å². The summed E-state index contributed by atoms with van der Waals surface area (Å²) in [4.78, 5) is 0. The predicted octanol–water partition coefficient (Wildman–Crippen LogP) is 2.76. The van der Waals surface area contributed by atoms with E-state index < -0.39 is 35.3 Å². The molecule has 5 atom stereocenters. The summed E-state index contributed by atoms with van der Waals surface area (Å²) in [6, 6.07) is 29.0. The standard InChI is InChI=1S/C24H24O4S/c25-19-20(26)23(29)28-21(19)22(27)24(16-10-4-1-5-11-16,17-12-6-2-7-13-17)18-14-8-3-9-15-18/h1-15,19-23,25-27,29H/t19-,20-,21+,22?,23+/m1/s1. The molecule has 3 N–H and O–H groups in total. The van der Waals surface area contributed by atoms with Gasteiger partial charge in [0.2, 0.25) is 0 Å². The van der Waals surface area contributed by atoms with E-state index in [4.69, 9.17) is 4.74 Å². The third-order valence-corrected chi connectivity index (χ3v) is 6.14. The highest BCUT2D eigenvalue weighted by Gasteiger charge is 2.53. The molecule has 0 saturated carbocycles. The van der Waals surface area contributed by atoms with Crippen LogP contribution >= 0.6 is 12.6 Å². The molecule has 0 amide bonds. The molecule has 3 aromatic rings. The second-order valence-corrected chi connectivity index (χ2v) is 7.83. The van der Waals surface area contributed by atoms with Gasteiger partial charge < -0.3 is 20.1 Å². The van der Waals surface area contributed by atoms with Crippen LogP contribution in [-0.2, 0) is 10.2 Å². The molecular formula is C24H24O4S. The molecule has 1 fully saturated rings. The summed E-state index contributed by atoms with van der Waals surface area (Å²) < 4.78 is 5.73. The first-order valence-corrected chi connectivity index (χ1v) is 10.1. The smallest absolute Gasteiger partial charge is 0.129 e. The number of aliphatic hydroxyl groups is 3. The fraction of sp³-hybridized carbons (Fsp3) is 0.250. The monoisotopic (exact) mass is 408 g/mol. The lowest BCUT2D eigenvalue weighted by Gasteiger charge is -2.42. The number of hydrogen-bond donors (Lipinski definition) is 4. The molecule has 1 saturated heterocycles. The molecule has 4 nitrogen and oxygen atoms in total. The van der Waals surface area contributed by atoms with Crippen LogP contribution in [0.4, 0.5) is 0 Å². The van der Waals surface area contributed by atoms with E-state index >= 15 is 0 Å². The Labute approximate surface area is 175 Å². The van der Waals surface area contributed by atoms with E-state index in [0.717, 1.165) is 16.7 Å². The summed E-state index contributed by atoms with van der Waals surface area (Å²) in [5.41, 5.74) is 0.686. The van der Waals surface area contributed by atoms with Crippen molar-refractivity contribution in [2.75, 3.05) is 0 Å². The van der Waals surface area contributed by atoms with Gasteiger partial charge in [-0.1, -0.05) is 91.0 Å². The molecule has 1 heterocycles. The van der Waals surface area contributed by atoms with Gasteiger partial charge in [-0.15, -0.1) is 12.6 Å². The van der Waals surface area contributed by atoms with Crippen LogP contribution in [0.5, 0.6) is 0 Å². The lowest BCUT2D eigenvalue weighted by Crippen LogP contribution is -2.52. The van der Waals surface area contributed by atoms with Crippen LogP contribution in [0.15, 0.2) is 91.0 Å². The lowest BCUT2D eigenvalue weighted by molar-refractivity contribution is -0.0714. The molecule has 1 aliphatic heterocycles. The summed E-state index contributed by atoms with van der Waals surface area (Å²) in [5, 5.41) is 32.6. The number of benzene rings is 3. The highest BCUT2D eigenvalue weighted by molar-refractivity contribution is 7.80. The third kappa shape index (κ3) is 3.39. The summed E-state index contributed by atoms with van der Waals surface area (Å²) in [5.74, 6) is 0. The average Bonchev–Trinajstić information content (AvgIpc) is 3.04. The van der Waals surface area contributed by atoms with Crippen molar-refractivity contribution in [3.05, 3.63) is 108 Å². The molecule has 4 rings (SSSR count). The number of thiol groups is 1. The molecule has 5 heteroatoms. The number of hydrogen-bond acceptors (Lipinski definition) is 5. The van der Waals surface area contributed by atoms with Crippen LogP contribution in [0.3, 0.4) is 0 Å². The first-order chi connectivity index (χ1) is 14.1. The van der Waals surface area contributed by atoms with E-state index in [1.807, 2.05) is 91.0 Å². The molecule has 0 aromatic heterocycles. The van der Waals surface area contributed by atoms with Gasteiger partial charge in [-0.2, -0.15) is 0 Å². The Balaban J connectivity index is 1.98. The third-order valence-electron chi connectivity index (χ3n) is 5.72. The minimum atomic E-state index is -1.26. The SMILES string of the molecule is OC([C@H]1O[C@@H](S)[C@H](O)[C@H]1O)C(c1ccccc1)(c1ccccc1)c1ccccc1. The molecule has 0 radical (unpaired) electrons. The van der Waals surface area contributed by atoms with Gasteiger partial charge in [-0.3, -0.25) is 0 Å². The molecule has 3 aromatic carbocycles. The Morgan fingerprint density at radius 3 is 1.38 bits per heavy atom. The maximum atomic E-state index is 11.8. The minimum Gasteiger partial charge on any atom is -0.389 e. The Bertz CT molecular complexity index is 823. The van der Waals surface area contributed by atoms with Crippen molar-refractivity contribution in [2.45, 2.75) is 35.3 Å². The number of ether oxygens (including phenoxy) is 1. The van der Waals surface area contributed by atoms with E-state index in [-0.39, 0.29) is 0 Å². The largest absolute Gasteiger partial charge is 0.389 e. The van der Waals surface area contributed by atoms with Gasteiger partial charge in [-0.25, -0.2) is 0 Å². The minimum absolute atomic E-state index is 0.859. The van der Waals surface area contributed by atoms with Gasteiger partial charge in [-0.05, 0) is 16.7 Å². The van der Waals surface area contributed by atoms with Crippen molar-refractivity contribution in [3.8, 4) is 0 Å². The van der Waals surface area contributed by atoms with Crippen LogP contribution in [0.2, 0.25) is 0 Å². The molecule has 29 heavy (non-hydrogen) atoms. The molecule has 0 spiro atoms. The van der Waals surface area contributed by atoms with Crippen molar-refractivity contribution >= 4 is 12.6 Å². The van der Waals surface area contributed by atoms with Gasteiger partial charge >= 0.3 is 0 Å². The predicted molar refractivity (Wildman–Crippen MR) is 115 cm³/mol. The molecule has 1 aliphatic rings. The van der Waals surface area contributed by atoms with E-state index in [9.17, 15) is 15.3 Å². The second kappa shape index (κ2) is 8.30. The molecular weight excluding hydrogens is 384 g/mol. The highest BCUT2D eigenvalue weighted by Crippen LogP contribution is 2.45. The zero-order valence-corrected chi connectivity index (χ0v) is 16.6. The van der Waals surface area contributed by atoms with Crippen molar-refractivity contribution in [2.24, 2.45) is 0 Å². The van der Waals surface area contributed by atoms with Crippen molar-refractivity contribution in [3.63, 3.8) is 0 Å². The first kappa shape index (κ1) is 20.1. The van der Waals surface area contributed by atoms with E-state index in [1.165, 1.54) is 0 Å². The zero-order valence-electron chi connectivity index (χ0n) is 15.7. The van der Waals surface area contributed by atoms with E-state index in [0.29, 0.717) is 0 Å². The number of aliphatic hydroxyl groups excluding tert-OH is 3. The lowest BCUT2D eigenvalue weighted by atomic mass is 9.64. The van der Waals surface area contributed by atoms with Gasteiger partial charge in [0.15, 0.2) is 0 Å². The second-order valence-electron chi connectivity index (χ2n) is 7.32. The molecule has 150 valence electrons. The summed E-state index contributed by atoms with van der Waals surface area (Å²) in [7, 11) is 0. The van der Waals surface area contributed by atoms with Crippen molar-refractivity contribution in [1.82, 2.24) is 0 Å². The van der Waals surface area contributed by atoms with E-state index in [2.05, 4.69) is 12.6 Å². The Kier molecular flexibility index (Phi) is 5.76. The normalized spacial score (nSPS) is 25.7.